The van der Waals surface area contributed by atoms with E-state index in [1.54, 1.807) is 11.3 Å². The highest BCUT2D eigenvalue weighted by atomic mass is 32.1. The van der Waals surface area contributed by atoms with Crippen LogP contribution in [-0.4, -0.2) is 4.98 Å². The zero-order valence-electron chi connectivity index (χ0n) is 24.8. The molecule has 5 heteroatoms. The number of hydrogen-bond donors (Lipinski definition) is 0. The van der Waals surface area contributed by atoms with Crippen molar-refractivity contribution in [2.24, 2.45) is 0 Å². The van der Waals surface area contributed by atoms with E-state index in [0.717, 1.165) is 33.1 Å². The number of para-hydroxylation sites is 3. The molecular weight excluding hydrogens is 617 g/mol. The summed E-state index contributed by atoms with van der Waals surface area (Å²) in [5.41, 5.74) is 8.01. The summed E-state index contributed by atoms with van der Waals surface area (Å²) < 4.78 is 3.88. The number of thiophene rings is 2. The number of anilines is 3. The summed E-state index contributed by atoms with van der Waals surface area (Å²) in [7, 11) is 0. The number of hydrogen-bond acceptors (Lipinski definition) is 5. The summed E-state index contributed by atoms with van der Waals surface area (Å²) in [5, 5.41) is 1.06. The Morgan fingerprint density at radius 1 is 0.435 bits per heavy atom. The summed E-state index contributed by atoms with van der Waals surface area (Å²) in [6, 6.07) is 51.4. The molecule has 3 aromatic heterocycles. The second kappa shape index (κ2) is 12.7. The molecule has 0 unspecified atom stereocenters. The van der Waals surface area contributed by atoms with Crippen molar-refractivity contribution in [1.82, 2.24) is 4.98 Å². The molecule has 0 saturated carbocycles. The molecule has 0 spiro atoms. The summed E-state index contributed by atoms with van der Waals surface area (Å²) in [5.74, 6) is 0. The number of rotatable bonds is 8. The van der Waals surface area contributed by atoms with Gasteiger partial charge in [-0.05, 0) is 83.9 Å². The average Bonchev–Trinajstić information content (AvgIpc) is 3.82. The van der Waals surface area contributed by atoms with Gasteiger partial charge < -0.3 is 4.90 Å². The third-order valence-corrected chi connectivity index (χ3v) is 11.1. The fourth-order valence-electron chi connectivity index (χ4n) is 5.46. The van der Waals surface area contributed by atoms with E-state index in [4.69, 9.17) is 4.98 Å². The predicted molar refractivity (Wildman–Crippen MR) is 204 cm³/mol. The first-order valence-electron chi connectivity index (χ1n) is 15.1. The first-order valence-corrected chi connectivity index (χ1v) is 17.6. The maximum absolute atomic E-state index is 4.79. The maximum Gasteiger partial charge on any atom is 0.124 e. The SMILES string of the molecule is C(=Cc1cc2sc(C=Cc3ccc(N(c4ccccc4)c4ccccc4)cc3)cc2s1)c1ccc(-c2nc3ccccc3s2)cc1. The molecule has 0 bridgehead atoms. The fraction of sp³-hybridized carbons (Fsp3) is 0. The van der Waals surface area contributed by atoms with Gasteiger partial charge in [0.1, 0.15) is 5.01 Å². The highest BCUT2D eigenvalue weighted by Gasteiger charge is 2.11. The van der Waals surface area contributed by atoms with Crippen LogP contribution in [0.4, 0.5) is 17.1 Å². The van der Waals surface area contributed by atoms with Crippen molar-refractivity contribution in [2.45, 2.75) is 0 Å². The Bertz CT molecular complexity index is 2190. The van der Waals surface area contributed by atoms with E-state index in [9.17, 15) is 0 Å². The molecule has 5 aromatic carbocycles. The minimum absolute atomic E-state index is 1.06. The molecule has 8 aromatic rings. The third kappa shape index (κ3) is 6.09. The Kier molecular flexibility index (Phi) is 7.87. The molecule has 0 saturated heterocycles. The van der Waals surface area contributed by atoms with Crippen LogP contribution in [0.1, 0.15) is 20.9 Å². The van der Waals surface area contributed by atoms with Crippen LogP contribution in [0.2, 0.25) is 0 Å². The smallest absolute Gasteiger partial charge is 0.124 e. The molecule has 0 aliphatic rings. The molecule has 0 atom stereocenters. The summed E-state index contributed by atoms with van der Waals surface area (Å²) in [6.45, 7) is 0. The Balaban J connectivity index is 0.942. The number of thiazole rings is 1. The van der Waals surface area contributed by atoms with E-state index >= 15 is 0 Å². The first-order chi connectivity index (χ1) is 22.7. The van der Waals surface area contributed by atoms with E-state index in [0.29, 0.717) is 0 Å². The van der Waals surface area contributed by atoms with Gasteiger partial charge in [-0.1, -0.05) is 97.1 Å². The number of nitrogens with zero attached hydrogens (tertiary/aromatic N) is 2. The quantitative estimate of drug-likeness (QED) is 0.164. The van der Waals surface area contributed by atoms with Crippen LogP contribution < -0.4 is 4.90 Å². The first kappa shape index (κ1) is 28.4. The number of fused-ring (bicyclic) bond motifs is 2. The summed E-state index contributed by atoms with van der Waals surface area (Å²) in [6.07, 6.45) is 8.84. The van der Waals surface area contributed by atoms with Crippen molar-refractivity contribution >= 4 is 95.0 Å². The second-order valence-electron chi connectivity index (χ2n) is 10.9. The monoisotopic (exact) mass is 644 g/mol. The van der Waals surface area contributed by atoms with Crippen LogP contribution in [0.3, 0.4) is 0 Å². The van der Waals surface area contributed by atoms with Gasteiger partial charge >= 0.3 is 0 Å². The highest BCUT2D eigenvalue weighted by Crippen LogP contribution is 2.37. The van der Waals surface area contributed by atoms with Crippen molar-refractivity contribution in [3.05, 3.63) is 166 Å². The highest BCUT2D eigenvalue weighted by molar-refractivity contribution is 7.28. The zero-order valence-corrected chi connectivity index (χ0v) is 27.2. The van der Waals surface area contributed by atoms with Gasteiger partial charge in [0.05, 0.1) is 10.2 Å². The lowest BCUT2D eigenvalue weighted by Crippen LogP contribution is -2.09. The molecule has 3 heterocycles. The van der Waals surface area contributed by atoms with Gasteiger partial charge in [-0.2, -0.15) is 0 Å². The van der Waals surface area contributed by atoms with E-state index in [-0.39, 0.29) is 0 Å². The molecule has 220 valence electrons. The van der Waals surface area contributed by atoms with Crippen LogP contribution in [-0.2, 0) is 0 Å². The lowest BCUT2D eigenvalue weighted by molar-refractivity contribution is 1.28. The van der Waals surface area contributed by atoms with Gasteiger partial charge in [0.25, 0.3) is 0 Å². The molecule has 0 fully saturated rings. The maximum atomic E-state index is 4.79. The van der Waals surface area contributed by atoms with E-state index in [2.05, 4.69) is 169 Å². The molecule has 0 N–H and O–H groups in total. The zero-order chi connectivity index (χ0) is 30.7. The lowest BCUT2D eigenvalue weighted by Gasteiger charge is -2.25. The van der Waals surface area contributed by atoms with Gasteiger partial charge in [-0.25, -0.2) is 4.98 Å². The standard InChI is InChI=1S/C41H28N2S3/c1-3-9-32(10-4-1)43(33-11-5-2-6-12-33)34-23-17-30(18-24-34)20-26-36-28-40-39(45-36)27-35(44-40)25-19-29-15-21-31(22-16-29)41-42-37-13-7-8-14-38(37)46-41/h1-28H. The minimum atomic E-state index is 1.06. The van der Waals surface area contributed by atoms with Gasteiger partial charge in [-0.15, -0.1) is 34.0 Å². The Hall–Kier alpha value is -5.07. The van der Waals surface area contributed by atoms with Crippen LogP contribution >= 0.6 is 34.0 Å². The molecule has 0 aliphatic carbocycles. The summed E-state index contributed by atoms with van der Waals surface area (Å²) >= 11 is 5.42. The Morgan fingerprint density at radius 2 is 0.935 bits per heavy atom. The van der Waals surface area contributed by atoms with E-state index < -0.39 is 0 Å². The molecule has 46 heavy (non-hydrogen) atoms. The number of benzene rings is 5. The topological polar surface area (TPSA) is 16.1 Å². The van der Waals surface area contributed by atoms with E-state index in [1.807, 2.05) is 28.7 Å². The van der Waals surface area contributed by atoms with Crippen molar-refractivity contribution in [3.63, 3.8) is 0 Å². The molecule has 0 radical (unpaired) electrons. The second-order valence-corrected chi connectivity index (χ2v) is 14.2. The van der Waals surface area contributed by atoms with Crippen LogP contribution in [0.25, 0.3) is 54.5 Å². The minimum Gasteiger partial charge on any atom is -0.311 e. The van der Waals surface area contributed by atoms with Gasteiger partial charge in [0.15, 0.2) is 0 Å². The fourth-order valence-corrected chi connectivity index (χ4v) is 8.66. The Morgan fingerprint density at radius 3 is 1.50 bits per heavy atom. The molecular formula is C41H28N2S3. The lowest BCUT2D eigenvalue weighted by atomic mass is 10.1. The summed E-state index contributed by atoms with van der Waals surface area (Å²) in [4.78, 5) is 9.61. The van der Waals surface area contributed by atoms with E-state index in [1.165, 1.54) is 35.0 Å². The van der Waals surface area contributed by atoms with Gasteiger partial charge in [0, 0.05) is 41.8 Å². The van der Waals surface area contributed by atoms with Crippen molar-refractivity contribution in [2.75, 3.05) is 4.90 Å². The normalized spacial score (nSPS) is 11.7. The molecule has 0 aliphatic heterocycles. The predicted octanol–water partition coefficient (Wildman–Crippen LogP) is 13.1. The van der Waals surface area contributed by atoms with Crippen LogP contribution in [0, 0.1) is 0 Å². The van der Waals surface area contributed by atoms with Crippen molar-refractivity contribution in [3.8, 4) is 10.6 Å². The van der Waals surface area contributed by atoms with Gasteiger partial charge in [-0.3, -0.25) is 0 Å². The van der Waals surface area contributed by atoms with Crippen LogP contribution in [0.15, 0.2) is 146 Å². The largest absolute Gasteiger partial charge is 0.311 e. The molecule has 0 amide bonds. The van der Waals surface area contributed by atoms with Crippen molar-refractivity contribution in [1.29, 1.82) is 0 Å². The van der Waals surface area contributed by atoms with Crippen LogP contribution in [0.5, 0.6) is 0 Å². The molecule has 8 rings (SSSR count). The van der Waals surface area contributed by atoms with Crippen molar-refractivity contribution < 1.29 is 0 Å². The molecule has 2 nitrogen and oxygen atoms in total. The Labute approximate surface area is 280 Å². The number of aromatic nitrogens is 1. The van der Waals surface area contributed by atoms with Gasteiger partial charge in [0.2, 0.25) is 0 Å². The third-order valence-electron chi connectivity index (χ3n) is 7.76. The average molecular weight is 645 g/mol.